The highest BCUT2D eigenvalue weighted by Crippen LogP contribution is 2.17. The first-order chi connectivity index (χ1) is 12.0. The molecular weight excluding hydrogens is 322 g/mol. The maximum absolute atomic E-state index is 12.5. The van der Waals surface area contributed by atoms with Gasteiger partial charge in [0.15, 0.2) is 5.65 Å². The molecule has 0 fully saturated rings. The van der Waals surface area contributed by atoms with Gasteiger partial charge >= 0.3 is 0 Å². The Morgan fingerprint density at radius 1 is 1.32 bits per heavy atom. The van der Waals surface area contributed by atoms with Crippen molar-refractivity contribution in [1.82, 2.24) is 19.3 Å². The van der Waals surface area contributed by atoms with Crippen molar-refractivity contribution in [3.8, 4) is 0 Å². The van der Waals surface area contributed by atoms with Crippen LogP contribution >= 0.6 is 0 Å². The maximum Gasteiger partial charge on any atom is 0.264 e. The van der Waals surface area contributed by atoms with Crippen molar-refractivity contribution in [2.75, 3.05) is 11.9 Å². The van der Waals surface area contributed by atoms with Gasteiger partial charge in [0.1, 0.15) is 18.3 Å². The van der Waals surface area contributed by atoms with Gasteiger partial charge in [0.2, 0.25) is 5.91 Å². The SMILES string of the molecule is Cc1cccc(NC(=O)Cn2cnc3c(cnn3CCO)c2=O)c1C. The predicted octanol–water partition coefficient (Wildman–Crippen LogP) is 0.841. The molecule has 0 unspecified atom stereocenters. The number of benzene rings is 1. The van der Waals surface area contributed by atoms with E-state index >= 15 is 0 Å². The lowest BCUT2D eigenvalue weighted by Crippen LogP contribution is -2.28. The van der Waals surface area contributed by atoms with Gasteiger partial charge in [-0.3, -0.25) is 14.2 Å². The zero-order chi connectivity index (χ0) is 18.0. The molecule has 0 aliphatic rings. The van der Waals surface area contributed by atoms with E-state index in [0.717, 1.165) is 16.8 Å². The van der Waals surface area contributed by atoms with Crippen LogP contribution in [0.3, 0.4) is 0 Å². The molecule has 8 nitrogen and oxygen atoms in total. The second-order valence-corrected chi connectivity index (χ2v) is 5.80. The summed E-state index contributed by atoms with van der Waals surface area (Å²) >= 11 is 0. The fourth-order valence-electron chi connectivity index (χ4n) is 2.60. The number of anilines is 1. The molecule has 8 heteroatoms. The van der Waals surface area contributed by atoms with Crippen molar-refractivity contribution in [3.05, 3.63) is 52.2 Å². The quantitative estimate of drug-likeness (QED) is 0.716. The van der Waals surface area contributed by atoms with E-state index < -0.39 is 0 Å². The molecule has 0 atom stereocenters. The number of hydrogen-bond acceptors (Lipinski definition) is 5. The lowest BCUT2D eigenvalue weighted by atomic mass is 10.1. The van der Waals surface area contributed by atoms with Crippen LogP contribution in [0.25, 0.3) is 11.0 Å². The zero-order valence-corrected chi connectivity index (χ0v) is 14.1. The molecule has 2 N–H and O–H groups in total. The third-order valence-electron chi connectivity index (χ3n) is 4.13. The Labute approximate surface area is 143 Å². The summed E-state index contributed by atoms with van der Waals surface area (Å²) in [5.41, 5.74) is 2.84. The summed E-state index contributed by atoms with van der Waals surface area (Å²) < 4.78 is 2.70. The van der Waals surface area contributed by atoms with Crippen LogP contribution < -0.4 is 10.9 Å². The number of aromatic nitrogens is 4. The van der Waals surface area contributed by atoms with Gasteiger partial charge in [-0.25, -0.2) is 9.67 Å². The first-order valence-corrected chi connectivity index (χ1v) is 7.89. The molecule has 3 rings (SSSR count). The fourth-order valence-corrected chi connectivity index (χ4v) is 2.60. The summed E-state index contributed by atoms with van der Waals surface area (Å²) in [7, 11) is 0. The predicted molar refractivity (Wildman–Crippen MR) is 93.4 cm³/mol. The first kappa shape index (κ1) is 16.8. The summed E-state index contributed by atoms with van der Waals surface area (Å²) in [5, 5.41) is 16.2. The molecule has 0 saturated carbocycles. The van der Waals surface area contributed by atoms with Gasteiger partial charge in [-0.05, 0) is 31.0 Å². The number of aliphatic hydroxyl groups excluding tert-OH is 1. The van der Waals surface area contributed by atoms with E-state index in [1.54, 1.807) is 0 Å². The largest absolute Gasteiger partial charge is 0.394 e. The highest BCUT2D eigenvalue weighted by molar-refractivity contribution is 5.91. The Morgan fingerprint density at radius 3 is 2.88 bits per heavy atom. The maximum atomic E-state index is 12.5. The average Bonchev–Trinajstić information content (AvgIpc) is 2.99. The molecule has 3 aromatic rings. The number of nitrogens with zero attached hydrogens (tertiary/aromatic N) is 4. The molecule has 0 aliphatic carbocycles. The monoisotopic (exact) mass is 341 g/mol. The topological polar surface area (TPSA) is 102 Å². The number of carbonyl (C=O) groups is 1. The molecule has 0 saturated heterocycles. The Bertz CT molecular complexity index is 990. The van der Waals surface area contributed by atoms with Crippen molar-refractivity contribution in [2.45, 2.75) is 26.9 Å². The van der Waals surface area contributed by atoms with E-state index in [2.05, 4.69) is 15.4 Å². The standard InChI is InChI=1S/C17H19N5O3/c1-11-4-3-5-14(12(11)2)20-15(24)9-21-10-18-16-13(17(21)25)8-19-22(16)6-7-23/h3-5,8,10,23H,6-7,9H2,1-2H3,(H,20,24). The van der Waals surface area contributed by atoms with Crippen LogP contribution in [0, 0.1) is 13.8 Å². The molecule has 0 aliphatic heterocycles. The number of fused-ring (bicyclic) bond motifs is 1. The number of nitrogens with one attached hydrogen (secondary N) is 1. The van der Waals surface area contributed by atoms with Crippen LogP contribution in [-0.4, -0.2) is 37.0 Å². The first-order valence-electron chi connectivity index (χ1n) is 7.89. The second-order valence-electron chi connectivity index (χ2n) is 5.80. The molecule has 2 heterocycles. The molecule has 1 aromatic carbocycles. The highest BCUT2D eigenvalue weighted by atomic mass is 16.3. The number of hydrogen-bond donors (Lipinski definition) is 2. The molecule has 130 valence electrons. The van der Waals surface area contributed by atoms with Crippen LogP contribution in [0.2, 0.25) is 0 Å². The van der Waals surface area contributed by atoms with Crippen molar-refractivity contribution < 1.29 is 9.90 Å². The van der Waals surface area contributed by atoms with Crippen molar-refractivity contribution in [2.24, 2.45) is 0 Å². The van der Waals surface area contributed by atoms with E-state index in [1.165, 1.54) is 21.8 Å². The Hall–Kier alpha value is -3.00. The van der Waals surface area contributed by atoms with E-state index in [4.69, 9.17) is 5.11 Å². The van der Waals surface area contributed by atoms with Crippen LogP contribution in [0.5, 0.6) is 0 Å². The molecule has 1 amide bonds. The zero-order valence-electron chi connectivity index (χ0n) is 14.1. The lowest BCUT2D eigenvalue weighted by Gasteiger charge is -2.11. The van der Waals surface area contributed by atoms with Crippen molar-refractivity contribution >= 4 is 22.6 Å². The molecular formula is C17H19N5O3. The minimum absolute atomic E-state index is 0.0974. The summed E-state index contributed by atoms with van der Waals surface area (Å²) in [6.07, 6.45) is 2.72. The van der Waals surface area contributed by atoms with Gasteiger partial charge in [-0.1, -0.05) is 12.1 Å². The number of carbonyl (C=O) groups excluding carboxylic acids is 1. The van der Waals surface area contributed by atoms with Gasteiger partial charge < -0.3 is 10.4 Å². The van der Waals surface area contributed by atoms with Crippen molar-refractivity contribution in [3.63, 3.8) is 0 Å². The Balaban J connectivity index is 1.83. The average molecular weight is 341 g/mol. The molecule has 25 heavy (non-hydrogen) atoms. The third-order valence-corrected chi connectivity index (χ3v) is 4.13. The number of rotatable bonds is 5. The summed E-state index contributed by atoms with van der Waals surface area (Å²) in [5.74, 6) is -0.306. The second kappa shape index (κ2) is 6.86. The Morgan fingerprint density at radius 2 is 2.12 bits per heavy atom. The third kappa shape index (κ3) is 3.29. The van der Waals surface area contributed by atoms with Gasteiger partial charge in [0.05, 0.1) is 19.3 Å². The minimum Gasteiger partial charge on any atom is -0.394 e. The van der Waals surface area contributed by atoms with E-state index in [1.807, 2.05) is 32.0 Å². The summed E-state index contributed by atoms with van der Waals surface area (Å²) in [6, 6.07) is 5.66. The van der Waals surface area contributed by atoms with E-state index in [0.29, 0.717) is 11.0 Å². The number of amides is 1. The fraction of sp³-hybridized carbons (Fsp3) is 0.294. The normalized spacial score (nSPS) is 11.0. The number of aryl methyl sites for hydroxylation is 1. The summed E-state index contributed by atoms with van der Waals surface area (Å²) in [4.78, 5) is 29.0. The van der Waals surface area contributed by atoms with Crippen LogP contribution in [0.1, 0.15) is 11.1 Å². The van der Waals surface area contributed by atoms with E-state index in [9.17, 15) is 9.59 Å². The van der Waals surface area contributed by atoms with Gasteiger partial charge in [0.25, 0.3) is 5.56 Å². The van der Waals surface area contributed by atoms with Gasteiger partial charge in [0, 0.05) is 5.69 Å². The lowest BCUT2D eigenvalue weighted by molar-refractivity contribution is -0.116. The minimum atomic E-state index is -0.342. The summed E-state index contributed by atoms with van der Waals surface area (Å²) in [6.45, 7) is 3.92. The van der Waals surface area contributed by atoms with Crippen LogP contribution in [0.15, 0.2) is 35.5 Å². The van der Waals surface area contributed by atoms with Crippen molar-refractivity contribution in [1.29, 1.82) is 0 Å². The molecule has 0 radical (unpaired) electrons. The van der Waals surface area contributed by atoms with Crippen LogP contribution in [0.4, 0.5) is 5.69 Å². The van der Waals surface area contributed by atoms with Gasteiger partial charge in [-0.2, -0.15) is 5.10 Å². The number of aliphatic hydroxyl groups is 1. The van der Waals surface area contributed by atoms with E-state index in [-0.39, 0.29) is 31.2 Å². The Kier molecular flexibility index (Phi) is 4.62. The van der Waals surface area contributed by atoms with Crippen LogP contribution in [-0.2, 0) is 17.9 Å². The van der Waals surface area contributed by atoms with Gasteiger partial charge in [-0.15, -0.1) is 0 Å². The molecule has 0 bridgehead atoms. The molecule has 0 spiro atoms. The molecule has 2 aromatic heterocycles. The smallest absolute Gasteiger partial charge is 0.264 e. The highest BCUT2D eigenvalue weighted by Gasteiger charge is 2.13.